The van der Waals surface area contributed by atoms with Crippen LogP contribution in [0.3, 0.4) is 0 Å². The first-order valence-corrected chi connectivity index (χ1v) is 9.84. The molecule has 1 aliphatic heterocycles. The molecule has 0 aliphatic carbocycles. The van der Waals surface area contributed by atoms with E-state index in [0.29, 0.717) is 30.9 Å². The van der Waals surface area contributed by atoms with E-state index in [2.05, 4.69) is 5.23 Å². The molecule has 1 atom stereocenters. The summed E-state index contributed by atoms with van der Waals surface area (Å²) >= 11 is 0. The van der Waals surface area contributed by atoms with Gasteiger partial charge in [-0.25, -0.2) is 8.78 Å². The van der Waals surface area contributed by atoms with Gasteiger partial charge in [0.15, 0.2) is 17.4 Å². The molecule has 0 amide bonds. The van der Waals surface area contributed by atoms with Crippen LogP contribution in [0.2, 0.25) is 6.82 Å². The lowest BCUT2D eigenvalue weighted by molar-refractivity contribution is -0.384. The van der Waals surface area contributed by atoms with Gasteiger partial charge in [-0.3, -0.25) is 10.1 Å². The highest BCUT2D eigenvalue weighted by molar-refractivity contribution is 6.45. The summed E-state index contributed by atoms with van der Waals surface area (Å²) < 4.78 is 33.5. The van der Waals surface area contributed by atoms with Crippen molar-refractivity contribution in [3.8, 4) is 11.5 Å². The van der Waals surface area contributed by atoms with E-state index in [0.717, 1.165) is 25.0 Å². The van der Waals surface area contributed by atoms with E-state index < -0.39 is 29.4 Å². The number of anilines is 1. The quantitative estimate of drug-likeness (QED) is 0.402. The number of halogens is 2. The molecule has 1 heterocycles. The second-order valence-electron chi connectivity index (χ2n) is 7.50. The molecule has 160 valence electrons. The van der Waals surface area contributed by atoms with E-state index in [4.69, 9.17) is 4.74 Å². The Morgan fingerprint density at radius 3 is 2.67 bits per heavy atom. The summed E-state index contributed by atoms with van der Waals surface area (Å²) in [6.45, 7) is 5.03. The van der Waals surface area contributed by atoms with Gasteiger partial charge >= 0.3 is 7.05 Å². The van der Waals surface area contributed by atoms with E-state index in [1.807, 2.05) is 4.90 Å². The van der Waals surface area contributed by atoms with Crippen molar-refractivity contribution in [1.82, 2.24) is 5.23 Å². The highest BCUT2D eigenvalue weighted by atomic mass is 19.1. The van der Waals surface area contributed by atoms with Gasteiger partial charge in [-0.15, -0.1) is 0 Å². The normalized spacial score (nSPS) is 16.4. The predicted molar refractivity (Wildman–Crippen MR) is 111 cm³/mol. The third-order valence-corrected chi connectivity index (χ3v) is 5.22. The van der Waals surface area contributed by atoms with Crippen molar-refractivity contribution < 1.29 is 23.5 Å². The molecule has 1 fully saturated rings. The Hall–Kier alpha value is -2.72. The van der Waals surface area contributed by atoms with Gasteiger partial charge in [-0.2, -0.15) is 0 Å². The molecule has 3 rings (SSSR count). The number of piperidine rings is 1. The first-order valence-electron chi connectivity index (χ1n) is 9.84. The fourth-order valence-electron chi connectivity index (χ4n) is 3.79. The lowest BCUT2D eigenvalue weighted by Crippen LogP contribution is -2.43. The molecule has 0 aromatic heterocycles. The van der Waals surface area contributed by atoms with E-state index >= 15 is 0 Å². The Bertz CT molecular complexity index is 909. The maximum Gasteiger partial charge on any atom is 0.373 e. The SMILES string of the molecule is CB(O)NC[C@@H]1CCCN(c2c([N+](=O)[O-])ccc(Oc3c(F)cccc3F)c2C)C1. The number of hydrogen-bond donors (Lipinski definition) is 2. The van der Waals surface area contributed by atoms with Crippen molar-refractivity contribution in [2.24, 2.45) is 5.92 Å². The molecule has 0 radical (unpaired) electrons. The summed E-state index contributed by atoms with van der Waals surface area (Å²) in [5, 5.41) is 24.1. The van der Waals surface area contributed by atoms with Crippen molar-refractivity contribution in [2.45, 2.75) is 26.6 Å². The second-order valence-corrected chi connectivity index (χ2v) is 7.50. The highest BCUT2D eigenvalue weighted by Gasteiger charge is 2.29. The Morgan fingerprint density at radius 1 is 1.33 bits per heavy atom. The number of rotatable bonds is 7. The largest absolute Gasteiger partial charge is 0.451 e. The number of nitro groups is 1. The molecular formula is C20H24BF2N3O4. The molecule has 0 spiro atoms. The van der Waals surface area contributed by atoms with E-state index in [1.54, 1.807) is 13.7 Å². The smallest absolute Gasteiger partial charge is 0.373 e. The van der Waals surface area contributed by atoms with Crippen LogP contribution in [0.1, 0.15) is 18.4 Å². The molecule has 2 aromatic rings. The highest BCUT2D eigenvalue weighted by Crippen LogP contribution is 2.41. The summed E-state index contributed by atoms with van der Waals surface area (Å²) in [5.74, 6) is -1.89. The molecular weight excluding hydrogens is 395 g/mol. The number of ether oxygens (including phenoxy) is 1. The first kappa shape index (κ1) is 22.0. The fraction of sp³-hybridized carbons (Fsp3) is 0.400. The van der Waals surface area contributed by atoms with Crippen molar-refractivity contribution in [2.75, 3.05) is 24.5 Å². The van der Waals surface area contributed by atoms with Crippen LogP contribution in [0.15, 0.2) is 30.3 Å². The molecule has 2 aromatic carbocycles. The average Bonchev–Trinajstić information content (AvgIpc) is 2.70. The molecule has 2 N–H and O–H groups in total. The zero-order valence-corrected chi connectivity index (χ0v) is 16.9. The van der Waals surface area contributed by atoms with Gasteiger partial charge in [0.05, 0.1) is 4.92 Å². The molecule has 1 saturated heterocycles. The molecule has 1 aliphatic rings. The number of para-hydroxylation sites is 1. The summed E-state index contributed by atoms with van der Waals surface area (Å²) in [6.07, 6.45) is 1.76. The molecule has 30 heavy (non-hydrogen) atoms. The zero-order valence-electron chi connectivity index (χ0n) is 16.9. The van der Waals surface area contributed by atoms with Crippen LogP contribution in [-0.4, -0.2) is 36.6 Å². The van der Waals surface area contributed by atoms with Gasteiger partial charge in [0.1, 0.15) is 11.4 Å². The van der Waals surface area contributed by atoms with Crippen molar-refractivity contribution in [3.05, 3.63) is 57.6 Å². The van der Waals surface area contributed by atoms with Crippen LogP contribution in [0, 0.1) is 34.6 Å². The van der Waals surface area contributed by atoms with E-state index in [-0.39, 0.29) is 17.4 Å². The average molecular weight is 419 g/mol. The minimum Gasteiger partial charge on any atom is -0.451 e. The van der Waals surface area contributed by atoms with Crippen molar-refractivity contribution in [1.29, 1.82) is 0 Å². The predicted octanol–water partition coefficient (Wildman–Crippen LogP) is 3.89. The third-order valence-electron chi connectivity index (χ3n) is 5.22. The minimum absolute atomic E-state index is 0.0852. The van der Waals surface area contributed by atoms with Crippen LogP contribution in [0.5, 0.6) is 11.5 Å². The second kappa shape index (κ2) is 9.40. The fourth-order valence-corrected chi connectivity index (χ4v) is 3.79. The number of nitrogens with one attached hydrogen (secondary N) is 1. The monoisotopic (exact) mass is 419 g/mol. The number of benzene rings is 2. The molecule has 0 bridgehead atoms. The summed E-state index contributed by atoms with van der Waals surface area (Å²) in [4.78, 5) is 13.1. The molecule has 0 unspecified atom stereocenters. The zero-order chi connectivity index (χ0) is 21.8. The Balaban J connectivity index is 1.94. The lowest BCUT2D eigenvalue weighted by atomic mass is 9.86. The van der Waals surface area contributed by atoms with Crippen LogP contribution >= 0.6 is 0 Å². The van der Waals surface area contributed by atoms with Crippen LogP contribution < -0.4 is 14.9 Å². The maximum absolute atomic E-state index is 14.0. The summed E-state index contributed by atoms with van der Waals surface area (Å²) in [5.41, 5.74) is 0.741. The summed E-state index contributed by atoms with van der Waals surface area (Å²) in [7, 11) is -0.635. The topological polar surface area (TPSA) is 87.9 Å². The number of nitrogens with zero attached hydrogens (tertiary/aromatic N) is 2. The van der Waals surface area contributed by atoms with Crippen LogP contribution in [0.4, 0.5) is 20.2 Å². The van der Waals surface area contributed by atoms with Gasteiger partial charge in [-0.05, 0) is 57.3 Å². The minimum atomic E-state index is -0.850. The van der Waals surface area contributed by atoms with Crippen LogP contribution in [0.25, 0.3) is 0 Å². The first-order chi connectivity index (χ1) is 14.3. The van der Waals surface area contributed by atoms with Gasteiger partial charge in [0.25, 0.3) is 5.69 Å². The van der Waals surface area contributed by atoms with Crippen LogP contribution in [-0.2, 0) is 0 Å². The maximum atomic E-state index is 14.0. The molecule has 7 nitrogen and oxygen atoms in total. The molecule has 10 heteroatoms. The number of hydrogen-bond acceptors (Lipinski definition) is 6. The van der Waals surface area contributed by atoms with E-state index in [1.165, 1.54) is 18.2 Å². The third kappa shape index (κ3) is 4.88. The van der Waals surface area contributed by atoms with Crippen molar-refractivity contribution >= 4 is 18.4 Å². The van der Waals surface area contributed by atoms with E-state index in [9.17, 15) is 23.9 Å². The summed E-state index contributed by atoms with van der Waals surface area (Å²) in [6, 6.07) is 6.07. The Morgan fingerprint density at radius 2 is 2.03 bits per heavy atom. The lowest BCUT2D eigenvalue weighted by Gasteiger charge is -2.35. The van der Waals surface area contributed by atoms with Gasteiger partial charge in [-0.1, -0.05) is 6.07 Å². The Labute approximate surface area is 173 Å². The van der Waals surface area contributed by atoms with Crippen molar-refractivity contribution in [3.63, 3.8) is 0 Å². The van der Waals surface area contributed by atoms with Gasteiger partial charge in [0.2, 0.25) is 0 Å². The standard InChI is InChI=1S/C20H24BF2N3O4/c1-13-18(30-20-15(22)6-3-7-16(20)23)9-8-17(26(28)29)19(13)25-10-4-5-14(12-25)11-24-21(2)27/h3,6-9,14,24,27H,4-5,10-12H2,1-2H3/t14-/m0/s1. The van der Waals surface area contributed by atoms with Gasteiger partial charge < -0.3 is 19.9 Å². The molecule has 0 saturated carbocycles. The van der Waals surface area contributed by atoms with Gasteiger partial charge in [0, 0.05) is 24.7 Å². The number of nitro benzene ring substituents is 1. The Kier molecular flexibility index (Phi) is 6.89.